The van der Waals surface area contributed by atoms with Crippen LogP contribution in [0.5, 0.6) is 0 Å². The number of anilines is 1. The number of nitriles is 1. The SMILES string of the molecule is Cn1ncc(NC(=O)c2cccc(C#N)c2)c1C(N)=O. The lowest BCUT2D eigenvalue weighted by Crippen LogP contribution is -2.20. The third-order valence-corrected chi connectivity index (χ3v) is 2.67. The predicted octanol–water partition coefficient (Wildman–Crippen LogP) is 0.643. The molecular formula is C13H11N5O2. The van der Waals surface area contributed by atoms with Crippen molar-refractivity contribution in [1.29, 1.82) is 5.26 Å². The highest BCUT2D eigenvalue weighted by molar-refractivity contribution is 6.08. The number of nitrogens with zero attached hydrogens (tertiary/aromatic N) is 3. The van der Waals surface area contributed by atoms with Gasteiger partial charge in [0.15, 0.2) is 0 Å². The van der Waals surface area contributed by atoms with Crippen LogP contribution in [0.25, 0.3) is 0 Å². The van der Waals surface area contributed by atoms with Gasteiger partial charge in [-0.25, -0.2) is 0 Å². The third-order valence-electron chi connectivity index (χ3n) is 2.67. The highest BCUT2D eigenvalue weighted by Gasteiger charge is 2.16. The van der Waals surface area contributed by atoms with Gasteiger partial charge in [-0.3, -0.25) is 14.3 Å². The molecule has 7 heteroatoms. The van der Waals surface area contributed by atoms with Crippen molar-refractivity contribution in [3.8, 4) is 6.07 Å². The molecule has 2 aromatic rings. The molecule has 0 atom stereocenters. The second kappa shape index (κ2) is 5.24. The zero-order valence-corrected chi connectivity index (χ0v) is 10.6. The maximum absolute atomic E-state index is 12.1. The molecule has 0 aliphatic carbocycles. The van der Waals surface area contributed by atoms with Crippen molar-refractivity contribution in [2.45, 2.75) is 0 Å². The number of amides is 2. The van der Waals surface area contributed by atoms with Gasteiger partial charge in [0.25, 0.3) is 11.8 Å². The van der Waals surface area contributed by atoms with Gasteiger partial charge in [-0.2, -0.15) is 10.4 Å². The number of hydrogen-bond donors (Lipinski definition) is 2. The number of carbonyl (C=O) groups is 2. The normalized spacial score (nSPS) is 9.80. The van der Waals surface area contributed by atoms with Crippen molar-refractivity contribution in [2.75, 3.05) is 5.32 Å². The van der Waals surface area contributed by atoms with Crippen LogP contribution < -0.4 is 11.1 Å². The number of nitrogens with two attached hydrogens (primary N) is 1. The lowest BCUT2D eigenvalue weighted by atomic mass is 10.1. The van der Waals surface area contributed by atoms with E-state index < -0.39 is 11.8 Å². The molecule has 0 saturated heterocycles. The number of aromatic nitrogens is 2. The van der Waals surface area contributed by atoms with Crippen LogP contribution in [-0.4, -0.2) is 21.6 Å². The molecule has 0 unspecified atom stereocenters. The van der Waals surface area contributed by atoms with Crippen LogP contribution in [0, 0.1) is 11.3 Å². The molecule has 2 rings (SSSR count). The van der Waals surface area contributed by atoms with Gasteiger partial charge in [0.05, 0.1) is 23.5 Å². The molecule has 20 heavy (non-hydrogen) atoms. The van der Waals surface area contributed by atoms with Crippen LogP contribution in [0.3, 0.4) is 0 Å². The molecule has 0 fully saturated rings. The smallest absolute Gasteiger partial charge is 0.269 e. The summed E-state index contributed by atoms with van der Waals surface area (Å²) in [6.07, 6.45) is 1.34. The second-order valence-electron chi connectivity index (χ2n) is 4.04. The van der Waals surface area contributed by atoms with Gasteiger partial charge < -0.3 is 11.1 Å². The van der Waals surface area contributed by atoms with Crippen LogP contribution in [0.15, 0.2) is 30.5 Å². The average Bonchev–Trinajstić information content (AvgIpc) is 2.79. The fourth-order valence-corrected chi connectivity index (χ4v) is 1.75. The number of benzene rings is 1. The highest BCUT2D eigenvalue weighted by Crippen LogP contribution is 2.15. The molecule has 100 valence electrons. The summed E-state index contributed by atoms with van der Waals surface area (Å²) in [6, 6.07) is 8.17. The Bertz CT molecular complexity index is 727. The first kappa shape index (κ1) is 13.3. The van der Waals surface area contributed by atoms with Crippen LogP contribution >= 0.6 is 0 Å². The van der Waals surface area contributed by atoms with Gasteiger partial charge >= 0.3 is 0 Å². The largest absolute Gasteiger partial charge is 0.364 e. The fraction of sp³-hybridized carbons (Fsp3) is 0.0769. The van der Waals surface area contributed by atoms with E-state index in [-0.39, 0.29) is 11.4 Å². The van der Waals surface area contributed by atoms with Gasteiger partial charge in [-0.05, 0) is 18.2 Å². The molecule has 0 bridgehead atoms. The summed E-state index contributed by atoms with van der Waals surface area (Å²) in [5.74, 6) is -1.14. The van der Waals surface area contributed by atoms with Crippen molar-refractivity contribution < 1.29 is 9.59 Å². The summed E-state index contributed by atoms with van der Waals surface area (Å²) in [6.45, 7) is 0. The number of nitrogens with one attached hydrogen (secondary N) is 1. The summed E-state index contributed by atoms with van der Waals surface area (Å²) in [4.78, 5) is 23.3. The molecule has 0 spiro atoms. The van der Waals surface area contributed by atoms with E-state index in [4.69, 9.17) is 11.0 Å². The summed E-state index contributed by atoms with van der Waals surface area (Å²) in [5, 5.41) is 15.2. The predicted molar refractivity (Wildman–Crippen MR) is 70.8 cm³/mol. The Morgan fingerprint density at radius 3 is 2.85 bits per heavy atom. The second-order valence-corrected chi connectivity index (χ2v) is 4.04. The minimum atomic E-state index is -0.689. The number of primary amides is 1. The average molecular weight is 269 g/mol. The molecule has 7 nitrogen and oxygen atoms in total. The van der Waals surface area contributed by atoms with Gasteiger partial charge in [-0.15, -0.1) is 0 Å². The first-order valence-electron chi connectivity index (χ1n) is 5.66. The summed E-state index contributed by atoms with van der Waals surface area (Å²) in [7, 11) is 1.55. The van der Waals surface area contributed by atoms with E-state index >= 15 is 0 Å². The third kappa shape index (κ3) is 2.49. The van der Waals surface area contributed by atoms with E-state index in [0.717, 1.165) is 0 Å². The number of aryl methyl sites for hydroxylation is 1. The van der Waals surface area contributed by atoms with Gasteiger partial charge in [0.1, 0.15) is 5.69 Å². The van der Waals surface area contributed by atoms with E-state index in [9.17, 15) is 9.59 Å². The van der Waals surface area contributed by atoms with Crippen molar-refractivity contribution >= 4 is 17.5 Å². The quantitative estimate of drug-likeness (QED) is 0.851. The molecule has 3 N–H and O–H groups in total. The number of rotatable bonds is 3. The Morgan fingerprint density at radius 2 is 2.20 bits per heavy atom. The number of carbonyl (C=O) groups excluding carboxylic acids is 2. The van der Waals surface area contributed by atoms with Crippen molar-refractivity contribution in [1.82, 2.24) is 9.78 Å². The Morgan fingerprint density at radius 1 is 1.45 bits per heavy atom. The van der Waals surface area contributed by atoms with Crippen molar-refractivity contribution in [3.63, 3.8) is 0 Å². The Labute approximate surface area is 114 Å². The molecule has 1 aromatic heterocycles. The lowest BCUT2D eigenvalue weighted by Gasteiger charge is -2.05. The topological polar surface area (TPSA) is 114 Å². The molecule has 2 amide bonds. The maximum Gasteiger partial charge on any atom is 0.269 e. The van der Waals surface area contributed by atoms with Gasteiger partial charge in [0.2, 0.25) is 0 Å². The van der Waals surface area contributed by atoms with Crippen LogP contribution in [0.2, 0.25) is 0 Å². The lowest BCUT2D eigenvalue weighted by molar-refractivity contribution is 0.0992. The first-order valence-corrected chi connectivity index (χ1v) is 5.66. The highest BCUT2D eigenvalue weighted by atomic mass is 16.2. The molecule has 0 aliphatic heterocycles. The Kier molecular flexibility index (Phi) is 3.48. The summed E-state index contributed by atoms with van der Waals surface area (Å²) < 4.78 is 1.28. The monoisotopic (exact) mass is 269 g/mol. The van der Waals surface area contributed by atoms with E-state index in [2.05, 4.69) is 10.4 Å². The van der Waals surface area contributed by atoms with E-state index in [1.165, 1.54) is 16.9 Å². The molecule has 0 aliphatic rings. The Balaban J connectivity index is 2.28. The zero-order valence-electron chi connectivity index (χ0n) is 10.6. The maximum atomic E-state index is 12.1. The molecule has 0 saturated carbocycles. The molecule has 0 radical (unpaired) electrons. The zero-order chi connectivity index (χ0) is 14.7. The van der Waals surface area contributed by atoms with E-state index in [0.29, 0.717) is 11.1 Å². The van der Waals surface area contributed by atoms with Crippen molar-refractivity contribution in [3.05, 3.63) is 47.3 Å². The van der Waals surface area contributed by atoms with E-state index in [1.807, 2.05) is 6.07 Å². The minimum Gasteiger partial charge on any atom is -0.364 e. The van der Waals surface area contributed by atoms with Crippen LogP contribution in [0.1, 0.15) is 26.4 Å². The molecular weight excluding hydrogens is 258 g/mol. The van der Waals surface area contributed by atoms with Crippen molar-refractivity contribution in [2.24, 2.45) is 12.8 Å². The van der Waals surface area contributed by atoms with Crippen LogP contribution in [-0.2, 0) is 7.05 Å². The Hall–Kier alpha value is -3.14. The molecule has 1 heterocycles. The molecule has 1 aromatic carbocycles. The standard InChI is InChI=1S/C13H11N5O2/c1-18-11(12(15)19)10(7-16-18)17-13(20)9-4-2-3-8(5-9)6-14/h2-5,7H,1H3,(H2,15,19)(H,17,20). The summed E-state index contributed by atoms with van der Waals surface area (Å²) >= 11 is 0. The first-order chi connectivity index (χ1) is 9.52. The fourth-order valence-electron chi connectivity index (χ4n) is 1.75. The van der Waals surface area contributed by atoms with Gasteiger partial charge in [-0.1, -0.05) is 6.07 Å². The minimum absolute atomic E-state index is 0.106. The van der Waals surface area contributed by atoms with Crippen LogP contribution in [0.4, 0.5) is 5.69 Å². The van der Waals surface area contributed by atoms with Gasteiger partial charge in [0, 0.05) is 12.6 Å². The van der Waals surface area contributed by atoms with E-state index in [1.54, 1.807) is 25.2 Å². The number of hydrogen-bond acceptors (Lipinski definition) is 4. The summed E-state index contributed by atoms with van der Waals surface area (Å²) in [5.41, 5.74) is 6.24.